The van der Waals surface area contributed by atoms with Crippen molar-refractivity contribution in [3.05, 3.63) is 15.6 Å². The molecular weight excluding hydrogens is 269 g/mol. The molecule has 0 unspecified atom stereocenters. The van der Waals surface area contributed by atoms with E-state index in [2.05, 4.69) is 31.2 Å². The van der Waals surface area contributed by atoms with Gasteiger partial charge in [-0.3, -0.25) is 4.79 Å². The first-order valence-electron chi connectivity index (χ1n) is 4.03. The molecule has 1 amide bonds. The number of nitrogens with zero attached hydrogens (tertiary/aromatic N) is 1. The molecule has 0 radical (unpaired) electrons. The summed E-state index contributed by atoms with van der Waals surface area (Å²) < 4.78 is 0.443. The third-order valence-corrected chi connectivity index (χ3v) is 2.40. The summed E-state index contributed by atoms with van der Waals surface area (Å²) in [5.41, 5.74) is -0.289. The number of rotatable bonds is 1. The van der Waals surface area contributed by atoms with E-state index in [0.29, 0.717) is 9.76 Å². The highest BCUT2D eigenvalue weighted by atomic mass is 79.9. The van der Waals surface area contributed by atoms with E-state index in [0.717, 1.165) is 0 Å². The maximum Gasteiger partial charge on any atom is 0.287 e. The fourth-order valence-electron chi connectivity index (χ4n) is 0.838. The summed E-state index contributed by atoms with van der Waals surface area (Å²) in [6.07, 6.45) is 0. The lowest BCUT2D eigenvalue weighted by Gasteiger charge is -2.19. The third kappa shape index (κ3) is 2.99. The summed E-state index contributed by atoms with van der Waals surface area (Å²) >= 11 is 8.81. The van der Waals surface area contributed by atoms with Gasteiger partial charge in [-0.05, 0) is 36.7 Å². The topological polar surface area (TPSA) is 57.8 Å². The SMILES string of the molecule is CC(C)(C)NC(=O)c1nc(Br)c(Cl)[nH]1. The predicted octanol–water partition coefficient (Wildman–Crippen LogP) is 2.35. The molecule has 0 aliphatic heterocycles. The third-order valence-electron chi connectivity index (χ3n) is 1.32. The number of hydrogen-bond acceptors (Lipinski definition) is 2. The van der Waals surface area contributed by atoms with Crippen molar-refractivity contribution in [1.29, 1.82) is 0 Å². The Bertz CT molecular complexity index is 336. The minimum absolute atomic E-state index is 0.205. The molecule has 0 saturated heterocycles. The molecule has 4 nitrogen and oxygen atoms in total. The molecule has 1 aromatic heterocycles. The van der Waals surface area contributed by atoms with Gasteiger partial charge < -0.3 is 10.3 Å². The number of aromatic amines is 1. The van der Waals surface area contributed by atoms with Crippen LogP contribution in [0.2, 0.25) is 5.15 Å². The fourth-order valence-corrected chi connectivity index (χ4v) is 1.25. The smallest absolute Gasteiger partial charge is 0.287 e. The Balaban J connectivity index is 2.80. The van der Waals surface area contributed by atoms with Crippen molar-refractivity contribution in [3.8, 4) is 0 Å². The summed E-state index contributed by atoms with van der Waals surface area (Å²) in [5.74, 6) is -0.0677. The first-order valence-corrected chi connectivity index (χ1v) is 5.20. The van der Waals surface area contributed by atoms with Gasteiger partial charge in [0.1, 0.15) is 9.76 Å². The number of hydrogen-bond donors (Lipinski definition) is 2. The number of imidazole rings is 1. The number of carbonyl (C=O) groups excluding carboxylic acids is 1. The van der Waals surface area contributed by atoms with Gasteiger partial charge in [-0.2, -0.15) is 0 Å². The van der Waals surface area contributed by atoms with Gasteiger partial charge in [0.05, 0.1) is 0 Å². The van der Waals surface area contributed by atoms with Crippen molar-refractivity contribution in [1.82, 2.24) is 15.3 Å². The van der Waals surface area contributed by atoms with Crippen LogP contribution in [0.5, 0.6) is 0 Å². The predicted molar refractivity (Wildman–Crippen MR) is 58.5 cm³/mol. The van der Waals surface area contributed by atoms with Crippen LogP contribution in [-0.4, -0.2) is 21.4 Å². The maximum atomic E-state index is 11.5. The molecule has 1 heterocycles. The van der Waals surface area contributed by atoms with E-state index in [4.69, 9.17) is 11.6 Å². The van der Waals surface area contributed by atoms with E-state index in [1.54, 1.807) is 0 Å². The quantitative estimate of drug-likeness (QED) is 0.829. The Kier molecular flexibility index (Phi) is 3.21. The molecule has 2 N–H and O–H groups in total. The molecule has 0 atom stereocenters. The first kappa shape index (κ1) is 11.5. The van der Waals surface area contributed by atoms with Crippen LogP contribution in [0.1, 0.15) is 31.4 Å². The zero-order chi connectivity index (χ0) is 10.9. The second-order valence-electron chi connectivity index (χ2n) is 3.89. The van der Waals surface area contributed by atoms with Crippen molar-refractivity contribution in [2.24, 2.45) is 0 Å². The van der Waals surface area contributed by atoms with Crippen molar-refractivity contribution < 1.29 is 4.79 Å². The molecule has 14 heavy (non-hydrogen) atoms. The number of H-pyrrole nitrogens is 1. The molecule has 0 aliphatic rings. The molecular formula is C8H11BrClN3O. The van der Waals surface area contributed by atoms with Crippen LogP contribution in [0.15, 0.2) is 4.60 Å². The molecule has 0 spiro atoms. The molecule has 1 aromatic rings. The fraction of sp³-hybridized carbons (Fsp3) is 0.500. The zero-order valence-electron chi connectivity index (χ0n) is 8.11. The minimum Gasteiger partial charge on any atom is -0.345 e. The molecule has 0 aliphatic carbocycles. The van der Waals surface area contributed by atoms with Gasteiger partial charge in [-0.15, -0.1) is 0 Å². The average molecular weight is 281 g/mol. The molecule has 0 saturated carbocycles. The summed E-state index contributed by atoms with van der Waals surface area (Å²) in [6.45, 7) is 5.68. The van der Waals surface area contributed by atoms with E-state index in [1.807, 2.05) is 20.8 Å². The number of amides is 1. The molecule has 0 aromatic carbocycles. The van der Waals surface area contributed by atoms with Crippen LogP contribution >= 0.6 is 27.5 Å². The lowest BCUT2D eigenvalue weighted by atomic mass is 10.1. The lowest BCUT2D eigenvalue weighted by Crippen LogP contribution is -2.41. The zero-order valence-corrected chi connectivity index (χ0v) is 10.5. The van der Waals surface area contributed by atoms with Gasteiger partial charge in [0, 0.05) is 5.54 Å². The van der Waals surface area contributed by atoms with Crippen LogP contribution in [0.4, 0.5) is 0 Å². The highest BCUT2D eigenvalue weighted by Gasteiger charge is 2.18. The van der Waals surface area contributed by atoms with Crippen LogP contribution < -0.4 is 5.32 Å². The Labute approximate surface area is 95.6 Å². The highest BCUT2D eigenvalue weighted by molar-refractivity contribution is 9.10. The van der Waals surface area contributed by atoms with Gasteiger partial charge in [0.25, 0.3) is 5.91 Å². The summed E-state index contributed by atoms with van der Waals surface area (Å²) in [5, 5.41) is 3.09. The number of carbonyl (C=O) groups is 1. The molecule has 0 bridgehead atoms. The van der Waals surface area contributed by atoms with Gasteiger partial charge >= 0.3 is 0 Å². The van der Waals surface area contributed by atoms with E-state index < -0.39 is 0 Å². The number of aromatic nitrogens is 2. The highest BCUT2D eigenvalue weighted by Crippen LogP contribution is 2.18. The van der Waals surface area contributed by atoms with Crippen molar-refractivity contribution in [2.75, 3.05) is 0 Å². The van der Waals surface area contributed by atoms with Crippen LogP contribution in [0.3, 0.4) is 0 Å². The number of nitrogens with one attached hydrogen (secondary N) is 2. The van der Waals surface area contributed by atoms with E-state index in [9.17, 15) is 4.79 Å². The van der Waals surface area contributed by atoms with Gasteiger partial charge in [0.2, 0.25) is 0 Å². The Morgan fingerprint density at radius 3 is 2.50 bits per heavy atom. The first-order chi connectivity index (χ1) is 6.29. The van der Waals surface area contributed by atoms with Crippen LogP contribution in [0.25, 0.3) is 0 Å². The van der Waals surface area contributed by atoms with Crippen molar-refractivity contribution in [2.45, 2.75) is 26.3 Å². The van der Waals surface area contributed by atoms with Gasteiger partial charge in [-0.1, -0.05) is 11.6 Å². The number of halogens is 2. The molecule has 1 rings (SSSR count). The largest absolute Gasteiger partial charge is 0.345 e. The molecule has 0 fully saturated rings. The summed E-state index contributed by atoms with van der Waals surface area (Å²) in [4.78, 5) is 18.1. The Morgan fingerprint density at radius 1 is 1.57 bits per heavy atom. The summed E-state index contributed by atoms with van der Waals surface area (Å²) in [7, 11) is 0. The minimum atomic E-state index is -0.289. The van der Waals surface area contributed by atoms with E-state index in [-0.39, 0.29) is 17.3 Å². The van der Waals surface area contributed by atoms with Crippen LogP contribution in [0, 0.1) is 0 Å². The van der Waals surface area contributed by atoms with Gasteiger partial charge in [0.15, 0.2) is 5.82 Å². The van der Waals surface area contributed by atoms with Crippen LogP contribution in [-0.2, 0) is 0 Å². The summed E-state index contributed by atoms with van der Waals surface area (Å²) in [6, 6.07) is 0. The Hall–Kier alpha value is -0.550. The Morgan fingerprint density at radius 2 is 2.14 bits per heavy atom. The molecule has 6 heteroatoms. The lowest BCUT2D eigenvalue weighted by molar-refractivity contribution is 0.0910. The van der Waals surface area contributed by atoms with Gasteiger partial charge in [-0.25, -0.2) is 4.98 Å². The maximum absolute atomic E-state index is 11.5. The second kappa shape index (κ2) is 3.90. The van der Waals surface area contributed by atoms with Crippen molar-refractivity contribution in [3.63, 3.8) is 0 Å². The average Bonchev–Trinajstić information content (AvgIpc) is 2.28. The normalized spacial score (nSPS) is 11.5. The van der Waals surface area contributed by atoms with Crippen molar-refractivity contribution >= 4 is 33.4 Å². The van der Waals surface area contributed by atoms with E-state index in [1.165, 1.54) is 0 Å². The second-order valence-corrected chi connectivity index (χ2v) is 5.02. The standard InChI is InChI=1S/C8H11BrClN3O/c1-8(2,3)13-7(14)6-11-4(9)5(10)12-6/h1-3H3,(H,11,12)(H,13,14). The monoisotopic (exact) mass is 279 g/mol. The molecule has 78 valence electrons. The van der Waals surface area contributed by atoms with E-state index >= 15 is 0 Å².